The van der Waals surface area contributed by atoms with E-state index in [2.05, 4.69) is 35.8 Å². The molecule has 0 fully saturated rings. The van der Waals surface area contributed by atoms with Gasteiger partial charge in [-0.15, -0.1) is 0 Å². The van der Waals surface area contributed by atoms with Crippen molar-refractivity contribution >= 4 is 11.6 Å². The fourth-order valence-electron chi connectivity index (χ4n) is 2.81. The fourth-order valence-corrected chi connectivity index (χ4v) is 2.81. The van der Waals surface area contributed by atoms with E-state index in [1.54, 1.807) is 0 Å². The first-order chi connectivity index (χ1) is 10.2. The molecule has 0 aliphatic carbocycles. The van der Waals surface area contributed by atoms with Crippen LogP contribution in [0.1, 0.15) is 30.5 Å². The maximum absolute atomic E-state index is 12.4. The molecule has 1 amide bonds. The Labute approximate surface area is 125 Å². The first-order valence-electron chi connectivity index (χ1n) is 7.44. The molecule has 2 atom stereocenters. The average molecular weight is 280 g/mol. The van der Waals surface area contributed by atoms with Gasteiger partial charge in [-0.05, 0) is 37.0 Å². The van der Waals surface area contributed by atoms with Crippen LogP contribution in [0.5, 0.6) is 0 Å². The number of para-hydroxylation sites is 1. The molecule has 1 unspecified atom stereocenters. The van der Waals surface area contributed by atoms with Crippen LogP contribution in [-0.4, -0.2) is 11.9 Å². The van der Waals surface area contributed by atoms with Crippen LogP contribution >= 0.6 is 0 Å². The van der Waals surface area contributed by atoms with Gasteiger partial charge in [0.25, 0.3) is 0 Å². The van der Waals surface area contributed by atoms with Crippen molar-refractivity contribution in [2.45, 2.75) is 31.8 Å². The number of nitrogens with one attached hydrogen (secondary N) is 2. The number of aryl methyl sites for hydroxylation is 1. The van der Waals surface area contributed by atoms with Crippen LogP contribution in [0.3, 0.4) is 0 Å². The zero-order chi connectivity index (χ0) is 14.7. The molecule has 0 saturated carbocycles. The van der Waals surface area contributed by atoms with Crippen LogP contribution < -0.4 is 10.6 Å². The molecule has 0 radical (unpaired) electrons. The van der Waals surface area contributed by atoms with Crippen LogP contribution in [0.25, 0.3) is 0 Å². The topological polar surface area (TPSA) is 41.1 Å². The standard InChI is InChI=1S/C18H20N2O/c1-13(14-7-3-2-4-8-14)19-17-12-11-15-9-5-6-10-16(15)20-18(17)21/h2-10,13,17,19H,11-12H2,1H3,(H,20,21)/t13-,17?/m0/s1. The maximum atomic E-state index is 12.4. The monoisotopic (exact) mass is 280 g/mol. The third kappa shape index (κ3) is 3.14. The largest absolute Gasteiger partial charge is 0.324 e. The van der Waals surface area contributed by atoms with Crippen LogP contribution in [0, 0.1) is 0 Å². The first-order valence-corrected chi connectivity index (χ1v) is 7.44. The Balaban J connectivity index is 1.71. The molecule has 2 N–H and O–H groups in total. The van der Waals surface area contributed by atoms with Gasteiger partial charge < -0.3 is 5.32 Å². The van der Waals surface area contributed by atoms with E-state index in [-0.39, 0.29) is 18.0 Å². The van der Waals surface area contributed by atoms with Gasteiger partial charge in [0, 0.05) is 11.7 Å². The number of amides is 1. The number of carbonyl (C=O) groups excluding carboxylic acids is 1. The number of anilines is 1. The Kier molecular flexibility index (Phi) is 4.02. The Morgan fingerprint density at radius 2 is 1.81 bits per heavy atom. The molecule has 3 nitrogen and oxygen atoms in total. The van der Waals surface area contributed by atoms with Crippen molar-refractivity contribution in [1.29, 1.82) is 0 Å². The summed E-state index contributed by atoms with van der Waals surface area (Å²) in [5.41, 5.74) is 3.36. The van der Waals surface area contributed by atoms with Gasteiger partial charge in [-0.25, -0.2) is 0 Å². The molecule has 2 aromatic rings. The quantitative estimate of drug-likeness (QED) is 0.906. The van der Waals surface area contributed by atoms with Gasteiger partial charge in [0.1, 0.15) is 0 Å². The van der Waals surface area contributed by atoms with Gasteiger partial charge >= 0.3 is 0 Å². The second kappa shape index (κ2) is 6.10. The molecule has 2 aromatic carbocycles. The third-order valence-corrected chi connectivity index (χ3v) is 4.04. The number of benzene rings is 2. The van der Waals surface area contributed by atoms with E-state index in [1.165, 1.54) is 11.1 Å². The number of fused-ring (bicyclic) bond motifs is 1. The van der Waals surface area contributed by atoms with Crippen LogP contribution in [0.2, 0.25) is 0 Å². The summed E-state index contributed by atoms with van der Waals surface area (Å²) < 4.78 is 0. The highest BCUT2D eigenvalue weighted by Crippen LogP contribution is 2.23. The molecular formula is C18H20N2O. The van der Waals surface area contributed by atoms with E-state index in [0.29, 0.717) is 0 Å². The lowest BCUT2D eigenvalue weighted by molar-refractivity contribution is -0.118. The van der Waals surface area contributed by atoms with Crippen molar-refractivity contribution in [3.63, 3.8) is 0 Å². The molecule has 0 aromatic heterocycles. The molecule has 1 aliphatic heterocycles. The molecule has 0 spiro atoms. The summed E-state index contributed by atoms with van der Waals surface area (Å²) in [6, 6.07) is 18.2. The molecule has 21 heavy (non-hydrogen) atoms. The molecule has 0 bridgehead atoms. The lowest BCUT2D eigenvalue weighted by Gasteiger charge is -2.21. The number of hydrogen-bond acceptors (Lipinski definition) is 2. The summed E-state index contributed by atoms with van der Waals surface area (Å²) in [6.07, 6.45) is 1.73. The molecule has 3 heteroatoms. The van der Waals surface area contributed by atoms with Crippen molar-refractivity contribution in [3.8, 4) is 0 Å². The summed E-state index contributed by atoms with van der Waals surface area (Å²) >= 11 is 0. The Bertz CT molecular complexity index is 624. The summed E-state index contributed by atoms with van der Waals surface area (Å²) in [5.74, 6) is 0.0581. The highest BCUT2D eigenvalue weighted by atomic mass is 16.2. The average Bonchev–Trinajstić information content (AvgIpc) is 2.67. The van der Waals surface area contributed by atoms with Crippen molar-refractivity contribution in [3.05, 3.63) is 65.7 Å². The highest BCUT2D eigenvalue weighted by Gasteiger charge is 2.24. The van der Waals surface area contributed by atoms with Crippen LogP contribution in [0.4, 0.5) is 5.69 Å². The van der Waals surface area contributed by atoms with E-state index >= 15 is 0 Å². The Morgan fingerprint density at radius 3 is 2.62 bits per heavy atom. The zero-order valence-electron chi connectivity index (χ0n) is 12.2. The normalized spacial score (nSPS) is 19.3. The number of rotatable bonds is 3. The van der Waals surface area contributed by atoms with E-state index < -0.39 is 0 Å². The molecule has 108 valence electrons. The van der Waals surface area contributed by atoms with E-state index in [1.807, 2.05) is 36.4 Å². The SMILES string of the molecule is C[C@H](NC1CCc2ccccc2NC1=O)c1ccccc1. The molecule has 1 heterocycles. The Hall–Kier alpha value is -2.13. The number of carbonyl (C=O) groups is 1. The van der Waals surface area contributed by atoms with E-state index in [9.17, 15) is 4.79 Å². The molecule has 1 aliphatic rings. The van der Waals surface area contributed by atoms with Crippen LogP contribution in [-0.2, 0) is 11.2 Å². The summed E-state index contributed by atoms with van der Waals surface area (Å²) in [5, 5.41) is 6.48. The molecule has 3 rings (SSSR count). The zero-order valence-corrected chi connectivity index (χ0v) is 12.2. The fraction of sp³-hybridized carbons (Fsp3) is 0.278. The van der Waals surface area contributed by atoms with Crippen molar-refractivity contribution < 1.29 is 4.79 Å². The van der Waals surface area contributed by atoms with Gasteiger partial charge in [0.2, 0.25) is 5.91 Å². The number of hydrogen-bond donors (Lipinski definition) is 2. The van der Waals surface area contributed by atoms with Crippen molar-refractivity contribution in [2.24, 2.45) is 0 Å². The molecular weight excluding hydrogens is 260 g/mol. The second-order valence-corrected chi connectivity index (χ2v) is 5.54. The summed E-state index contributed by atoms with van der Waals surface area (Å²) in [4.78, 5) is 12.4. The van der Waals surface area contributed by atoms with Gasteiger partial charge in [-0.2, -0.15) is 0 Å². The van der Waals surface area contributed by atoms with Crippen LogP contribution in [0.15, 0.2) is 54.6 Å². The minimum atomic E-state index is -0.160. The van der Waals surface area contributed by atoms with Gasteiger partial charge in [0.05, 0.1) is 6.04 Å². The van der Waals surface area contributed by atoms with Gasteiger partial charge in [-0.1, -0.05) is 48.5 Å². The van der Waals surface area contributed by atoms with Gasteiger partial charge in [-0.3, -0.25) is 10.1 Å². The van der Waals surface area contributed by atoms with Gasteiger partial charge in [0.15, 0.2) is 0 Å². The lowest BCUT2D eigenvalue weighted by Crippen LogP contribution is -2.41. The Morgan fingerprint density at radius 1 is 1.10 bits per heavy atom. The van der Waals surface area contributed by atoms with Crippen molar-refractivity contribution in [1.82, 2.24) is 5.32 Å². The predicted octanol–water partition coefficient (Wildman–Crippen LogP) is 3.29. The third-order valence-electron chi connectivity index (χ3n) is 4.04. The highest BCUT2D eigenvalue weighted by molar-refractivity contribution is 5.96. The van der Waals surface area contributed by atoms with E-state index in [0.717, 1.165) is 18.5 Å². The van der Waals surface area contributed by atoms with Crippen molar-refractivity contribution in [2.75, 3.05) is 5.32 Å². The smallest absolute Gasteiger partial charge is 0.241 e. The summed E-state index contributed by atoms with van der Waals surface area (Å²) in [7, 11) is 0. The second-order valence-electron chi connectivity index (χ2n) is 5.54. The minimum Gasteiger partial charge on any atom is -0.324 e. The lowest BCUT2D eigenvalue weighted by atomic mass is 10.0. The predicted molar refractivity (Wildman–Crippen MR) is 85.2 cm³/mol. The summed E-state index contributed by atoms with van der Waals surface area (Å²) in [6.45, 7) is 2.10. The molecule has 0 saturated heterocycles. The minimum absolute atomic E-state index is 0.0581. The van der Waals surface area contributed by atoms with E-state index in [4.69, 9.17) is 0 Å². The maximum Gasteiger partial charge on any atom is 0.241 e. The first kappa shape index (κ1) is 13.8.